The zero-order chi connectivity index (χ0) is 7.84. The highest BCUT2D eigenvalue weighted by atomic mass is 35.5. The second-order valence-corrected chi connectivity index (χ2v) is 3.74. The van der Waals surface area contributed by atoms with E-state index >= 15 is 0 Å². The predicted octanol–water partition coefficient (Wildman–Crippen LogP) is 2.53. The van der Waals surface area contributed by atoms with E-state index in [-0.39, 0.29) is 0 Å². The summed E-state index contributed by atoms with van der Waals surface area (Å²) in [5.74, 6) is 0. The van der Waals surface area contributed by atoms with E-state index in [2.05, 4.69) is 4.98 Å². The van der Waals surface area contributed by atoms with Gasteiger partial charge in [0.05, 0.1) is 15.9 Å². The van der Waals surface area contributed by atoms with Crippen molar-refractivity contribution in [2.24, 2.45) is 0 Å². The Morgan fingerprint density at radius 1 is 1.45 bits per heavy atom. The molecule has 0 amide bonds. The number of anilines is 1. The Morgan fingerprint density at radius 3 is 3.00 bits per heavy atom. The van der Waals surface area contributed by atoms with Gasteiger partial charge in [-0.15, -0.1) is 11.3 Å². The quantitative estimate of drug-likeness (QED) is 0.639. The fourth-order valence-corrected chi connectivity index (χ4v) is 1.98. The van der Waals surface area contributed by atoms with Crippen molar-refractivity contribution in [3.63, 3.8) is 0 Å². The van der Waals surface area contributed by atoms with Crippen molar-refractivity contribution < 1.29 is 0 Å². The number of halogens is 1. The minimum Gasteiger partial charge on any atom is -0.398 e. The number of fused-ring (bicyclic) bond motifs is 1. The van der Waals surface area contributed by atoms with E-state index in [9.17, 15) is 0 Å². The first-order chi connectivity index (χ1) is 5.27. The molecule has 0 radical (unpaired) electrons. The summed E-state index contributed by atoms with van der Waals surface area (Å²) in [7, 11) is 0. The molecule has 11 heavy (non-hydrogen) atoms. The SMILES string of the molecule is Nc1cccc2nc(Cl)sc12. The van der Waals surface area contributed by atoms with Crippen LogP contribution in [0.15, 0.2) is 18.2 Å². The monoisotopic (exact) mass is 184 g/mol. The van der Waals surface area contributed by atoms with Crippen LogP contribution in [0.3, 0.4) is 0 Å². The number of rotatable bonds is 0. The van der Waals surface area contributed by atoms with E-state index in [0.717, 1.165) is 15.9 Å². The minimum absolute atomic E-state index is 0.540. The van der Waals surface area contributed by atoms with Gasteiger partial charge in [0.25, 0.3) is 0 Å². The van der Waals surface area contributed by atoms with Crippen LogP contribution in [0.2, 0.25) is 4.47 Å². The lowest BCUT2D eigenvalue weighted by Gasteiger charge is -1.90. The molecule has 1 aromatic carbocycles. The summed E-state index contributed by atoms with van der Waals surface area (Å²) < 4.78 is 1.51. The first-order valence-corrected chi connectivity index (χ1v) is 4.27. The summed E-state index contributed by atoms with van der Waals surface area (Å²) in [6.45, 7) is 0. The van der Waals surface area contributed by atoms with Gasteiger partial charge in [-0.2, -0.15) is 0 Å². The van der Waals surface area contributed by atoms with Crippen LogP contribution < -0.4 is 5.73 Å². The van der Waals surface area contributed by atoms with Crippen molar-refractivity contribution in [3.8, 4) is 0 Å². The lowest BCUT2D eigenvalue weighted by molar-refractivity contribution is 1.50. The molecule has 0 spiro atoms. The summed E-state index contributed by atoms with van der Waals surface area (Å²) in [4.78, 5) is 4.08. The Balaban J connectivity index is 2.90. The van der Waals surface area contributed by atoms with Gasteiger partial charge in [0.1, 0.15) is 0 Å². The van der Waals surface area contributed by atoms with E-state index in [1.54, 1.807) is 0 Å². The van der Waals surface area contributed by atoms with Crippen molar-refractivity contribution in [1.29, 1.82) is 0 Å². The van der Waals surface area contributed by atoms with E-state index in [0.29, 0.717) is 4.47 Å². The molecular formula is C7H5ClN2S. The van der Waals surface area contributed by atoms with Crippen LogP contribution in [-0.2, 0) is 0 Å². The third-order valence-corrected chi connectivity index (χ3v) is 2.64. The molecule has 2 rings (SSSR count). The highest BCUT2D eigenvalue weighted by Crippen LogP contribution is 2.29. The number of aromatic nitrogens is 1. The molecule has 4 heteroatoms. The molecule has 0 aliphatic carbocycles. The molecule has 0 atom stereocenters. The molecule has 2 N–H and O–H groups in total. The molecule has 0 aliphatic rings. The Bertz CT molecular complexity index is 396. The van der Waals surface area contributed by atoms with Gasteiger partial charge in [-0.3, -0.25) is 0 Å². The summed E-state index contributed by atoms with van der Waals surface area (Å²) in [6.07, 6.45) is 0. The van der Waals surface area contributed by atoms with Gasteiger partial charge >= 0.3 is 0 Å². The Morgan fingerprint density at radius 2 is 2.27 bits per heavy atom. The first kappa shape index (κ1) is 6.88. The third-order valence-electron chi connectivity index (χ3n) is 1.42. The summed E-state index contributed by atoms with van der Waals surface area (Å²) >= 11 is 7.11. The van der Waals surface area contributed by atoms with Crippen molar-refractivity contribution in [2.45, 2.75) is 0 Å². The van der Waals surface area contributed by atoms with Gasteiger partial charge in [0.15, 0.2) is 4.47 Å². The molecule has 2 aromatic rings. The summed E-state index contributed by atoms with van der Waals surface area (Å²) in [5, 5.41) is 0. The van der Waals surface area contributed by atoms with Crippen LogP contribution in [0.4, 0.5) is 5.69 Å². The van der Waals surface area contributed by atoms with Gasteiger partial charge in [-0.05, 0) is 12.1 Å². The lowest BCUT2D eigenvalue weighted by Crippen LogP contribution is -1.82. The number of nitrogen functional groups attached to an aromatic ring is 1. The number of nitrogens with two attached hydrogens (primary N) is 1. The fraction of sp³-hybridized carbons (Fsp3) is 0. The zero-order valence-electron chi connectivity index (χ0n) is 5.54. The van der Waals surface area contributed by atoms with Crippen LogP contribution in [0, 0.1) is 0 Å². The number of hydrogen-bond acceptors (Lipinski definition) is 3. The Kier molecular flexibility index (Phi) is 1.47. The molecule has 0 saturated carbocycles. The molecule has 0 unspecified atom stereocenters. The molecular weight excluding hydrogens is 180 g/mol. The average molecular weight is 185 g/mol. The predicted molar refractivity (Wildman–Crippen MR) is 49.0 cm³/mol. The number of benzene rings is 1. The highest BCUT2D eigenvalue weighted by Gasteiger charge is 2.02. The molecule has 2 nitrogen and oxygen atoms in total. The normalized spacial score (nSPS) is 10.6. The lowest BCUT2D eigenvalue weighted by atomic mass is 10.3. The molecule has 0 aliphatic heterocycles. The van der Waals surface area contributed by atoms with E-state index < -0.39 is 0 Å². The van der Waals surface area contributed by atoms with Gasteiger partial charge in [0.2, 0.25) is 0 Å². The summed E-state index contributed by atoms with van der Waals surface area (Å²) in [6, 6.07) is 5.61. The van der Waals surface area contributed by atoms with Crippen molar-refractivity contribution in [1.82, 2.24) is 4.98 Å². The molecule has 1 aromatic heterocycles. The second kappa shape index (κ2) is 2.36. The zero-order valence-corrected chi connectivity index (χ0v) is 7.12. The molecule has 0 saturated heterocycles. The molecule has 0 bridgehead atoms. The van der Waals surface area contributed by atoms with Crippen molar-refractivity contribution >= 4 is 38.8 Å². The molecule has 0 fully saturated rings. The smallest absolute Gasteiger partial charge is 0.184 e. The standard InChI is InChI=1S/C7H5ClN2S/c8-7-10-5-3-1-2-4(9)6(5)11-7/h1-3H,9H2. The summed E-state index contributed by atoms with van der Waals surface area (Å²) in [5.41, 5.74) is 7.30. The Hall–Kier alpha value is -0.800. The van der Waals surface area contributed by atoms with Crippen LogP contribution in [-0.4, -0.2) is 4.98 Å². The number of thiazole rings is 1. The van der Waals surface area contributed by atoms with Crippen molar-refractivity contribution in [2.75, 3.05) is 5.73 Å². The van der Waals surface area contributed by atoms with Crippen LogP contribution in [0.25, 0.3) is 10.2 Å². The van der Waals surface area contributed by atoms with Crippen molar-refractivity contribution in [3.05, 3.63) is 22.7 Å². The first-order valence-electron chi connectivity index (χ1n) is 3.08. The highest BCUT2D eigenvalue weighted by molar-refractivity contribution is 7.22. The maximum absolute atomic E-state index is 5.71. The largest absolute Gasteiger partial charge is 0.398 e. The van der Waals surface area contributed by atoms with Gasteiger partial charge in [-0.1, -0.05) is 17.7 Å². The minimum atomic E-state index is 0.540. The number of nitrogens with zero attached hydrogens (tertiary/aromatic N) is 1. The average Bonchev–Trinajstić information content (AvgIpc) is 2.31. The van der Waals surface area contributed by atoms with Crippen LogP contribution in [0.1, 0.15) is 0 Å². The van der Waals surface area contributed by atoms with Crippen LogP contribution >= 0.6 is 22.9 Å². The second-order valence-electron chi connectivity index (χ2n) is 2.16. The van der Waals surface area contributed by atoms with E-state index in [1.165, 1.54) is 11.3 Å². The topological polar surface area (TPSA) is 38.9 Å². The van der Waals surface area contributed by atoms with Gasteiger partial charge in [0, 0.05) is 0 Å². The fourth-order valence-electron chi connectivity index (χ4n) is 0.943. The van der Waals surface area contributed by atoms with Crippen LogP contribution in [0.5, 0.6) is 0 Å². The molecule has 1 heterocycles. The third kappa shape index (κ3) is 1.06. The maximum Gasteiger partial charge on any atom is 0.184 e. The van der Waals surface area contributed by atoms with Gasteiger partial charge in [-0.25, -0.2) is 4.98 Å². The number of hydrogen-bond donors (Lipinski definition) is 1. The molecule has 56 valence electrons. The maximum atomic E-state index is 5.71. The van der Waals surface area contributed by atoms with Gasteiger partial charge < -0.3 is 5.73 Å². The van der Waals surface area contributed by atoms with E-state index in [1.807, 2.05) is 18.2 Å². The Labute approximate surface area is 72.6 Å². The van der Waals surface area contributed by atoms with E-state index in [4.69, 9.17) is 17.3 Å².